The van der Waals surface area contributed by atoms with Gasteiger partial charge in [-0.3, -0.25) is 0 Å². The number of amides is 1. The van der Waals surface area contributed by atoms with Gasteiger partial charge in [-0.2, -0.15) is 0 Å². The number of rotatable bonds is 11. The van der Waals surface area contributed by atoms with Crippen LogP contribution in [0.5, 0.6) is 0 Å². The molecule has 1 amide bonds. The summed E-state index contributed by atoms with van der Waals surface area (Å²) in [7, 11) is -1.01. The van der Waals surface area contributed by atoms with E-state index < -0.39 is 38.5 Å². The van der Waals surface area contributed by atoms with Crippen LogP contribution in [0, 0.1) is 11.8 Å². The molecule has 0 heterocycles. The van der Waals surface area contributed by atoms with Crippen molar-refractivity contribution in [2.45, 2.75) is 38.7 Å². The number of nitrogens with two attached hydrogens (primary N) is 1. The first kappa shape index (κ1) is 23.0. The molecule has 0 aromatic heterocycles. The van der Waals surface area contributed by atoms with Crippen molar-refractivity contribution >= 4 is 20.7 Å². The fourth-order valence-electron chi connectivity index (χ4n) is 2.75. The first-order chi connectivity index (χ1) is 12.8. The summed E-state index contributed by atoms with van der Waals surface area (Å²) < 4.78 is 20.5. The van der Waals surface area contributed by atoms with Gasteiger partial charge in [-0.25, -0.2) is 18.7 Å². The van der Waals surface area contributed by atoms with Crippen LogP contribution < -0.4 is 11.1 Å². The topological polar surface area (TPSA) is 148 Å². The van der Waals surface area contributed by atoms with Crippen LogP contribution in [0.25, 0.3) is 0 Å². The Kier molecular flexibility index (Phi) is 9.31. The van der Waals surface area contributed by atoms with E-state index in [9.17, 15) is 24.4 Å². The molecular formula is C17H25N2O7P. The summed E-state index contributed by atoms with van der Waals surface area (Å²) >= 11 is 0. The van der Waals surface area contributed by atoms with Crippen molar-refractivity contribution in [1.29, 1.82) is 0 Å². The number of carbonyl (C=O) groups is 2. The molecule has 0 fully saturated rings. The molecule has 0 aliphatic rings. The number of carbonyl (C=O) groups excluding carboxylic acids is 1. The van der Waals surface area contributed by atoms with Crippen LogP contribution >= 0.6 is 8.69 Å². The molecule has 2 unspecified atom stereocenters. The third-order valence-electron chi connectivity index (χ3n) is 4.11. The lowest BCUT2D eigenvalue weighted by Crippen LogP contribution is -2.58. The highest BCUT2D eigenvalue weighted by Gasteiger charge is 2.50. The smallest absolute Gasteiger partial charge is 0.407 e. The average Bonchev–Trinajstić information content (AvgIpc) is 2.63. The second-order valence-electron chi connectivity index (χ2n) is 6.33. The summed E-state index contributed by atoms with van der Waals surface area (Å²) in [5, 5.41) is 22.4. The second kappa shape index (κ2) is 10.9. The fourth-order valence-corrected chi connectivity index (χ4v) is 3.08. The molecule has 10 heteroatoms. The summed E-state index contributed by atoms with van der Waals surface area (Å²) in [5.74, 6) is -5.98. The zero-order valence-electron chi connectivity index (χ0n) is 15.2. The predicted octanol–water partition coefficient (Wildman–Crippen LogP) is 1.90. The minimum Gasteiger partial charge on any atom is -0.477 e. The standard InChI is InChI=1S/C17H25N2O7P/c1-11(2)14(13(8-9-18)17(23,15(20)21)26-27-24)19-16(22)25-10-12-6-4-3-5-7-12/h3-7,11,13-14,23H,8-10,18H2,1-2H3,(H,19,22)(H,20,21)/t13?,14?,17-/m1/s1. The van der Waals surface area contributed by atoms with Gasteiger partial charge in [0.15, 0.2) is 0 Å². The highest BCUT2D eigenvalue weighted by molar-refractivity contribution is 7.17. The Labute approximate surface area is 159 Å². The van der Waals surface area contributed by atoms with Crippen LogP contribution in [-0.4, -0.2) is 40.6 Å². The number of alkyl carbamates (subject to hydrolysis) is 1. The lowest BCUT2D eigenvalue weighted by molar-refractivity contribution is -0.213. The summed E-state index contributed by atoms with van der Waals surface area (Å²) in [6, 6.07) is 8.15. The van der Waals surface area contributed by atoms with Gasteiger partial charge >= 0.3 is 20.7 Å². The minimum atomic E-state index is -2.79. The molecule has 1 aromatic rings. The molecule has 0 aliphatic heterocycles. The van der Waals surface area contributed by atoms with Crippen LogP contribution in [0.3, 0.4) is 0 Å². The Hall–Kier alpha value is -2.06. The highest BCUT2D eigenvalue weighted by Crippen LogP contribution is 2.32. The largest absolute Gasteiger partial charge is 0.477 e. The van der Waals surface area contributed by atoms with Crippen molar-refractivity contribution in [2.75, 3.05) is 6.54 Å². The Morgan fingerprint density at radius 1 is 1.30 bits per heavy atom. The van der Waals surface area contributed by atoms with Gasteiger partial charge in [0, 0.05) is 12.0 Å². The molecule has 0 saturated carbocycles. The second-order valence-corrected chi connectivity index (χ2v) is 6.66. The van der Waals surface area contributed by atoms with Gasteiger partial charge < -0.3 is 26.0 Å². The van der Waals surface area contributed by atoms with Gasteiger partial charge in [0.05, 0.1) is 0 Å². The number of carboxylic acid groups (broad SMARTS) is 1. The third kappa shape index (κ3) is 6.55. The van der Waals surface area contributed by atoms with Crippen molar-refractivity contribution in [3.8, 4) is 0 Å². The maximum atomic E-state index is 12.2. The number of hydrogen-bond donors (Lipinski definition) is 4. The van der Waals surface area contributed by atoms with Gasteiger partial charge in [0.2, 0.25) is 0 Å². The molecule has 5 N–H and O–H groups in total. The van der Waals surface area contributed by atoms with Crippen LogP contribution in [0.2, 0.25) is 0 Å². The normalized spacial score (nSPS) is 15.7. The first-order valence-electron chi connectivity index (χ1n) is 8.40. The molecule has 0 spiro atoms. The van der Waals surface area contributed by atoms with Crippen LogP contribution in [0.15, 0.2) is 30.3 Å². The van der Waals surface area contributed by atoms with Crippen molar-refractivity contribution < 1.29 is 33.6 Å². The maximum absolute atomic E-state index is 12.2. The molecule has 0 bridgehead atoms. The van der Waals surface area contributed by atoms with E-state index in [0.717, 1.165) is 5.56 Å². The van der Waals surface area contributed by atoms with Crippen molar-refractivity contribution in [3.05, 3.63) is 35.9 Å². The predicted molar refractivity (Wildman–Crippen MR) is 96.8 cm³/mol. The maximum Gasteiger partial charge on any atom is 0.407 e. The monoisotopic (exact) mass is 400 g/mol. The first-order valence-corrected chi connectivity index (χ1v) is 9.13. The Balaban J connectivity index is 2.95. The molecule has 0 radical (unpaired) electrons. The lowest BCUT2D eigenvalue weighted by Gasteiger charge is -2.37. The van der Waals surface area contributed by atoms with Gasteiger partial charge in [-0.1, -0.05) is 44.2 Å². The van der Waals surface area contributed by atoms with E-state index >= 15 is 0 Å². The number of nitrogens with one attached hydrogen (secondary N) is 1. The number of aliphatic carboxylic acids is 1. The minimum absolute atomic E-state index is 0.000131. The Morgan fingerprint density at radius 3 is 2.41 bits per heavy atom. The SMILES string of the molecule is CC(C)C(NC(=O)OCc1ccccc1)C(CCN)[C@@](O)(OP=O)C(=O)O. The number of hydrogen-bond acceptors (Lipinski definition) is 7. The van der Waals surface area contributed by atoms with E-state index in [1.54, 1.807) is 38.1 Å². The zero-order valence-corrected chi connectivity index (χ0v) is 16.1. The van der Waals surface area contributed by atoms with Gasteiger partial charge in [0.1, 0.15) is 6.61 Å². The van der Waals surface area contributed by atoms with Crippen LogP contribution in [0.1, 0.15) is 25.8 Å². The number of carboxylic acids is 1. The number of ether oxygens (including phenoxy) is 1. The highest BCUT2D eigenvalue weighted by atomic mass is 31.1. The molecule has 150 valence electrons. The lowest BCUT2D eigenvalue weighted by atomic mass is 9.81. The van der Waals surface area contributed by atoms with E-state index in [-0.39, 0.29) is 25.5 Å². The summed E-state index contributed by atoms with van der Waals surface area (Å²) in [5.41, 5.74) is 6.32. The van der Waals surface area contributed by atoms with Gasteiger partial charge in [-0.15, -0.1) is 0 Å². The van der Waals surface area contributed by atoms with Crippen molar-refractivity contribution in [1.82, 2.24) is 5.32 Å². The van der Waals surface area contributed by atoms with E-state index in [4.69, 9.17) is 10.5 Å². The Bertz CT molecular complexity index is 629. The molecule has 0 aliphatic carbocycles. The van der Waals surface area contributed by atoms with E-state index in [1.165, 1.54) is 0 Å². The molecular weight excluding hydrogens is 375 g/mol. The summed E-state index contributed by atoms with van der Waals surface area (Å²) in [6.07, 6.45) is -0.785. The van der Waals surface area contributed by atoms with Gasteiger partial charge in [0.25, 0.3) is 5.79 Å². The molecule has 9 nitrogen and oxygen atoms in total. The zero-order chi connectivity index (χ0) is 20.4. The molecule has 3 atom stereocenters. The van der Waals surface area contributed by atoms with Crippen molar-refractivity contribution in [2.24, 2.45) is 17.6 Å². The van der Waals surface area contributed by atoms with Crippen molar-refractivity contribution in [3.63, 3.8) is 0 Å². The average molecular weight is 400 g/mol. The van der Waals surface area contributed by atoms with Gasteiger partial charge in [-0.05, 0) is 24.4 Å². The molecule has 1 rings (SSSR count). The number of benzene rings is 1. The summed E-state index contributed by atoms with van der Waals surface area (Å²) in [6.45, 7) is 3.49. The summed E-state index contributed by atoms with van der Waals surface area (Å²) in [4.78, 5) is 23.7. The Morgan fingerprint density at radius 2 is 1.93 bits per heavy atom. The molecule has 27 heavy (non-hydrogen) atoms. The molecule has 0 saturated heterocycles. The van der Waals surface area contributed by atoms with Crippen LogP contribution in [-0.2, 0) is 25.2 Å². The number of aliphatic hydroxyl groups is 1. The third-order valence-corrected chi connectivity index (χ3v) is 4.47. The fraction of sp³-hybridized carbons (Fsp3) is 0.529. The van der Waals surface area contributed by atoms with E-state index in [2.05, 4.69) is 9.84 Å². The van der Waals surface area contributed by atoms with Crippen LogP contribution in [0.4, 0.5) is 4.79 Å². The van der Waals surface area contributed by atoms with E-state index in [0.29, 0.717) is 0 Å². The van der Waals surface area contributed by atoms with E-state index in [1.807, 2.05) is 6.07 Å². The quantitative estimate of drug-likeness (QED) is 0.325. The molecule has 1 aromatic carbocycles.